The van der Waals surface area contributed by atoms with Crippen molar-refractivity contribution in [3.05, 3.63) is 5.08 Å². The van der Waals surface area contributed by atoms with Gasteiger partial charge in [0.15, 0.2) is 0 Å². The zero-order valence-corrected chi connectivity index (χ0v) is 7.32. The molecule has 0 amide bonds. The monoisotopic (exact) mass is 202 g/mol. The SMILES string of the molecule is N#[N+]NCC1C(O)C(O)C(O)C2OC12. The predicted molar refractivity (Wildman–Crippen MR) is 43.3 cm³/mol. The number of nitrogens with zero attached hydrogens (tertiary/aromatic N) is 2. The third kappa shape index (κ3) is 1.33. The second kappa shape index (κ2) is 3.33. The van der Waals surface area contributed by atoms with Gasteiger partial charge in [-0.15, -0.1) is 0 Å². The lowest BCUT2D eigenvalue weighted by Crippen LogP contribution is -2.53. The van der Waals surface area contributed by atoms with E-state index in [1.165, 1.54) is 0 Å². The molecule has 6 atom stereocenters. The maximum Gasteiger partial charge on any atom is 0.302 e. The first kappa shape index (κ1) is 9.61. The molecule has 14 heavy (non-hydrogen) atoms. The largest absolute Gasteiger partial charge is 0.390 e. The molecule has 7 heteroatoms. The molecule has 0 spiro atoms. The fourth-order valence-electron chi connectivity index (χ4n) is 1.98. The van der Waals surface area contributed by atoms with E-state index < -0.39 is 24.4 Å². The normalized spacial score (nSPS) is 50.4. The van der Waals surface area contributed by atoms with Crippen LogP contribution in [-0.2, 0) is 4.74 Å². The summed E-state index contributed by atoms with van der Waals surface area (Å²) in [5.41, 5.74) is 2.29. The number of ether oxygens (including phenoxy) is 1. The summed E-state index contributed by atoms with van der Waals surface area (Å²) in [7, 11) is 0. The summed E-state index contributed by atoms with van der Waals surface area (Å²) in [5.74, 6) is -0.366. The van der Waals surface area contributed by atoms with E-state index in [1.54, 1.807) is 0 Å². The van der Waals surface area contributed by atoms with Gasteiger partial charge in [-0.1, -0.05) is 0 Å². The van der Waals surface area contributed by atoms with Gasteiger partial charge >= 0.3 is 5.08 Å². The second-order valence-corrected chi connectivity index (χ2v) is 3.66. The molecule has 4 N–H and O–H groups in total. The lowest BCUT2D eigenvalue weighted by molar-refractivity contribution is -0.0964. The minimum absolute atomic E-state index is 0.197. The van der Waals surface area contributed by atoms with Gasteiger partial charge in [-0.3, -0.25) is 0 Å². The zero-order valence-electron chi connectivity index (χ0n) is 7.32. The van der Waals surface area contributed by atoms with Crippen molar-refractivity contribution < 1.29 is 20.1 Å². The Morgan fingerprint density at radius 2 is 1.86 bits per heavy atom. The molecule has 0 bridgehead atoms. The number of diazo groups is 1. The van der Waals surface area contributed by atoms with Crippen LogP contribution in [0.2, 0.25) is 0 Å². The van der Waals surface area contributed by atoms with E-state index in [-0.39, 0.29) is 18.6 Å². The minimum atomic E-state index is -1.20. The highest BCUT2D eigenvalue weighted by Gasteiger charge is 2.60. The quantitative estimate of drug-likeness (QED) is 0.230. The van der Waals surface area contributed by atoms with Crippen molar-refractivity contribution in [3.63, 3.8) is 0 Å². The Bertz CT molecular complexity index is 268. The molecule has 0 aromatic carbocycles. The molecule has 7 nitrogen and oxygen atoms in total. The summed E-state index contributed by atoms with van der Waals surface area (Å²) >= 11 is 0. The Morgan fingerprint density at radius 3 is 2.50 bits per heavy atom. The van der Waals surface area contributed by atoms with Gasteiger partial charge in [0.05, 0.1) is 18.8 Å². The van der Waals surface area contributed by atoms with Crippen LogP contribution in [0, 0.1) is 11.3 Å². The molecule has 0 aromatic heterocycles. The number of fused-ring (bicyclic) bond motifs is 1. The molecule has 6 unspecified atom stereocenters. The smallest absolute Gasteiger partial charge is 0.302 e. The fraction of sp³-hybridized carbons (Fsp3) is 1.00. The van der Waals surface area contributed by atoms with Crippen LogP contribution in [-0.4, -0.2) is 52.4 Å². The number of epoxide rings is 1. The standard InChI is InChI=1S/C7H12N3O4/c8-10-9-1-2-3(11)4(12)5(13)7-6(2)14-7/h2-7,9,11-13H,1H2/q+1. The van der Waals surface area contributed by atoms with Gasteiger partial charge in [-0.25, -0.2) is 0 Å². The Labute approximate surface area is 79.9 Å². The molecular formula is C7H12N3O4+. The van der Waals surface area contributed by atoms with Crippen LogP contribution in [0.4, 0.5) is 0 Å². The topological polar surface area (TPSA) is 113 Å². The number of rotatable bonds is 2. The molecule has 1 heterocycles. The van der Waals surface area contributed by atoms with E-state index in [9.17, 15) is 15.3 Å². The van der Waals surface area contributed by atoms with Crippen LogP contribution in [0.1, 0.15) is 0 Å². The van der Waals surface area contributed by atoms with Gasteiger partial charge < -0.3 is 20.1 Å². The average Bonchev–Trinajstić information content (AvgIpc) is 2.94. The van der Waals surface area contributed by atoms with Gasteiger partial charge in [0.1, 0.15) is 18.3 Å². The molecule has 1 aliphatic heterocycles. The second-order valence-electron chi connectivity index (χ2n) is 3.66. The van der Waals surface area contributed by atoms with Crippen molar-refractivity contribution in [1.82, 2.24) is 5.43 Å². The summed E-state index contributed by atoms with van der Waals surface area (Å²) in [6.07, 6.45) is -3.97. The molecular weight excluding hydrogens is 190 g/mol. The summed E-state index contributed by atoms with van der Waals surface area (Å²) < 4.78 is 5.11. The number of nitrogens with one attached hydrogen (secondary N) is 1. The van der Waals surface area contributed by atoms with Crippen molar-refractivity contribution in [2.75, 3.05) is 6.54 Å². The number of hydrogen-bond donors (Lipinski definition) is 4. The van der Waals surface area contributed by atoms with Crippen molar-refractivity contribution in [2.45, 2.75) is 30.5 Å². The van der Waals surface area contributed by atoms with Crippen LogP contribution in [0.5, 0.6) is 0 Å². The highest BCUT2D eigenvalue weighted by molar-refractivity contribution is 5.08. The molecule has 0 radical (unpaired) electrons. The van der Waals surface area contributed by atoms with Crippen LogP contribution in [0.15, 0.2) is 0 Å². The molecule has 0 aromatic rings. The number of hydrogen-bond acceptors (Lipinski definition) is 6. The maximum absolute atomic E-state index is 9.58. The third-order valence-corrected chi connectivity index (χ3v) is 2.86. The van der Waals surface area contributed by atoms with Gasteiger partial charge in [0.25, 0.3) is 5.39 Å². The lowest BCUT2D eigenvalue weighted by atomic mass is 9.83. The predicted octanol–water partition coefficient (Wildman–Crippen LogP) is -2.18. The molecule has 2 aliphatic rings. The van der Waals surface area contributed by atoms with E-state index in [0.717, 1.165) is 0 Å². The van der Waals surface area contributed by atoms with Crippen molar-refractivity contribution in [3.8, 4) is 0 Å². The highest BCUT2D eigenvalue weighted by Crippen LogP contribution is 2.40. The average molecular weight is 202 g/mol. The third-order valence-electron chi connectivity index (χ3n) is 2.86. The van der Waals surface area contributed by atoms with E-state index in [0.29, 0.717) is 0 Å². The van der Waals surface area contributed by atoms with Crippen molar-refractivity contribution in [2.24, 2.45) is 5.92 Å². The highest BCUT2D eigenvalue weighted by atomic mass is 16.6. The Morgan fingerprint density at radius 1 is 1.14 bits per heavy atom. The number of aliphatic hydroxyl groups excluding tert-OH is 3. The first-order valence-corrected chi connectivity index (χ1v) is 4.43. The molecule has 1 saturated heterocycles. The molecule has 2 rings (SSSR count). The van der Waals surface area contributed by atoms with Gasteiger partial charge in [0, 0.05) is 5.92 Å². The van der Waals surface area contributed by atoms with E-state index in [1.807, 2.05) is 0 Å². The van der Waals surface area contributed by atoms with Gasteiger partial charge in [0.2, 0.25) is 0 Å². The van der Waals surface area contributed by atoms with E-state index in [2.05, 4.69) is 10.5 Å². The van der Waals surface area contributed by atoms with Gasteiger partial charge in [-0.05, 0) is 5.43 Å². The number of aliphatic hydroxyl groups is 3. The van der Waals surface area contributed by atoms with Crippen LogP contribution >= 0.6 is 0 Å². The van der Waals surface area contributed by atoms with Gasteiger partial charge in [-0.2, -0.15) is 0 Å². The Balaban J connectivity index is 2.01. The lowest BCUT2D eigenvalue weighted by Gasteiger charge is -2.30. The summed E-state index contributed by atoms with van der Waals surface area (Å²) in [4.78, 5) is 0. The summed E-state index contributed by atoms with van der Waals surface area (Å²) in [6, 6.07) is 0. The van der Waals surface area contributed by atoms with Crippen LogP contribution < -0.4 is 5.43 Å². The first-order valence-electron chi connectivity index (χ1n) is 4.43. The fourth-order valence-corrected chi connectivity index (χ4v) is 1.98. The van der Waals surface area contributed by atoms with Crippen molar-refractivity contribution in [1.29, 1.82) is 5.39 Å². The van der Waals surface area contributed by atoms with Crippen LogP contribution in [0.3, 0.4) is 0 Å². The van der Waals surface area contributed by atoms with Crippen molar-refractivity contribution >= 4 is 0 Å². The molecule has 2 fully saturated rings. The van der Waals surface area contributed by atoms with Crippen LogP contribution in [0.25, 0.3) is 5.08 Å². The Kier molecular flexibility index (Phi) is 2.28. The Hall–Kier alpha value is -0.940. The molecule has 78 valence electrons. The molecule has 1 aliphatic carbocycles. The summed E-state index contributed by atoms with van der Waals surface area (Å²) in [6.45, 7) is 0.197. The first-order chi connectivity index (χ1) is 6.66. The minimum Gasteiger partial charge on any atom is -0.390 e. The molecule has 1 saturated carbocycles. The van der Waals surface area contributed by atoms with E-state index in [4.69, 9.17) is 10.1 Å². The zero-order chi connectivity index (χ0) is 10.3. The maximum atomic E-state index is 9.58. The van der Waals surface area contributed by atoms with E-state index >= 15 is 0 Å². The summed E-state index contributed by atoms with van der Waals surface area (Å²) in [5, 5.41) is 39.2.